The lowest BCUT2D eigenvalue weighted by Gasteiger charge is -2.06. The summed E-state index contributed by atoms with van der Waals surface area (Å²) in [6.07, 6.45) is 0.171. The number of carboxylic acids is 1. The predicted molar refractivity (Wildman–Crippen MR) is 63.1 cm³/mol. The summed E-state index contributed by atoms with van der Waals surface area (Å²) in [6.45, 7) is 4.46. The zero-order valence-corrected chi connectivity index (χ0v) is 9.77. The molecule has 17 heavy (non-hydrogen) atoms. The van der Waals surface area contributed by atoms with Gasteiger partial charge in [0.05, 0.1) is 12.7 Å². The van der Waals surface area contributed by atoms with E-state index in [0.29, 0.717) is 12.2 Å². The van der Waals surface area contributed by atoms with Gasteiger partial charge < -0.3 is 14.3 Å². The fourth-order valence-corrected chi connectivity index (χ4v) is 1.55. The van der Waals surface area contributed by atoms with E-state index in [-0.39, 0.29) is 11.9 Å². The summed E-state index contributed by atoms with van der Waals surface area (Å²) in [5.74, 6) is -1.09. The minimum absolute atomic E-state index is 0.0399. The standard InChI is InChI=1S/C13H14O4/c1-8(2)16-7-9-3-4-11-10(5-9)6-12(17-11)13(14)15/h3-6,8H,7H2,1-2H3,(H,14,15). The molecule has 0 atom stereocenters. The Morgan fingerprint density at radius 2 is 2.18 bits per heavy atom. The van der Waals surface area contributed by atoms with Gasteiger partial charge in [-0.25, -0.2) is 4.79 Å². The summed E-state index contributed by atoms with van der Waals surface area (Å²) in [5, 5.41) is 9.60. The number of carbonyl (C=O) groups is 1. The lowest BCUT2D eigenvalue weighted by atomic mass is 10.1. The van der Waals surface area contributed by atoms with Crippen molar-refractivity contribution in [2.45, 2.75) is 26.6 Å². The molecule has 1 aromatic heterocycles. The van der Waals surface area contributed by atoms with Gasteiger partial charge >= 0.3 is 5.97 Å². The number of fused-ring (bicyclic) bond motifs is 1. The van der Waals surface area contributed by atoms with E-state index in [1.807, 2.05) is 26.0 Å². The van der Waals surface area contributed by atoms with Crippen molar-refractivity contribution in [2.24, 2.45) is 0 Å². The zero-order chi connectivity index (χ0) is 12.4. The first-order valence-corrected chi connectivity index (χ1v) is 5.43. The fraction of sp³-hybridized carbons (Fsp3) is 0.308. The van der Waals surface area contributed by atoms with Crippen LogP contribution in [0.3, 0.4) is 0 Å². The topological polar surface area (TPSA) is 59.7 Å². The molecule has 4 nitrogen and oxygen atoms in total. The molecule has 0 bridgehead atoms. The zero-order valence-electron chi connectivity index (χ0n) is 9.77. The van der Waals surface area contributed by atoms with E-state index in [9.17, 15) is 4.79 Å². The number of benzene rings is 1. The van der Waals surface area contributed by atoms with Crippen LogP contribution in [-0.4, -0.2) is 17.2 Å². The Morgan fingerprint density at radius 1 is 1.41 bits per heavy atom. The molecule has 0 amide bonds. The largest absolute Gasteiger partial charge is 0.475 e. The summed E-state index contributed by atoms with van der Waals surface area (Å²) in [7, 11) is 0. The molecule has 0 unspecified atom stereocenters. The van der Waals surface area contributed by atoms with Gasteiger partial charge in [-0.2, -0.15) is 0 Å². The van der Waals surface area contributed by atoms with Crippen molar-refractivity contribution in [3.05, 3.63) is 35.6 Å². The average Bonchev–Trinajstić information content (AvgIpc) is 2.69. The molecule has 0 aliphatic rings. The lowest BCUT2D eigenvalue weighted by Crippen LogP contribution is -2.01. The highest BCUT2D eigenvalue weighted by atomic mass is 16.5. The lowest BCUT2D eigenvalue weighted by molar-refractivity contribution is 0.0655. The van der Waals surface area contributed by atoms with Gasteiger partial charge in [0.15, 0.2) is 0 Å². The summed E-state index contributed by atoms with van der Waals surface area (Å²) in [4.78, 5) is 10.8. The molecular weight excluding hydrogens is 220 g/mol. The maximum atomic E-state index is 10.8. The first kappa shape index (κ1) is 11.7. The van der Waals surface area contributed by atoms with Crippen molar-refractivity contribution in [1.29, 1.82) is 0 Å². The van der Waals surface area contributed by atoms with E-state index in [2.05, 4.69) is 0 Å². The Labute approximate surface area is 98.8 Å². The van der Waals surface area contributed by atoms with Gasteiger partial charge in [0.2, 0.25) is 5.76 Å². The van der Waals surface area contributed by atoms with Crippen LogP contribution in [-0.2, 0) is 11.3 Å². The van der Waals surface area contributed by atoms with Crippen LogP contribution in [0.15, 0.2) is 28.7 Å². The van der Waals surface area contributed by atoms with Crippen LogP contribution in [0.1, 0.15) is 30.0 Å². The quantitative estimate of drug-likeness (QED) is 0.883. The van der Waals surface area contributed by atoms with Crippen LogP contribution in [0.4, 0.5) is 0 Å². The van der Waals surface area contributed by atoms with E-state index in [4.69, 9.17) is 14.3 Å². The summed E-state index contributed by atoms with van der Waals surface area (Å²) in [5.41, 5.74) is 1.58. The van der Waals surface area contributed by atoms with Crippen molar-refractivity contribution in [3.8, 4) is 0 Å². The Morgan fingerprint density at radius 3 is 2.82 bits per heavy atom. The monoisotopic (exact) mass is 234 g/mol. The van der Waals surface area contributed by atoms with Gasteiger partial charge in [-0.15, -0.1) is 0 Å². The predicted octanol–water partition coefficient (Wildman–Crippen LogP) is 3.06. The number of aromatic carboxylic acids is 1. The van der Waals surface area contributed by atoms with Gasteiger partial charge in [-0.3, -0.25) is 0 Å². The van der Waals surface area contributed by atoms with Gasteiger partial charge in [0.1, 0.15) is 5.58 Å². The smallest absolute Gasteiger partial charge is 0.371 e. The molecule has 4 heteroatoms. The molecule has 1 N–H and O–H groups in total. The summed E-state index contributed by atoms with van der Waals surface area (Å²) in [6, 6.07) is 7.05. The molecule has 0 radical (unpaired) electrons. The molecule has 0 aliphatic heterocycles. The molecule has 0 saturated heterocycles. The average molecular weight is 234 g/mol. The van der Waals surface area contributed by atoms with E-state index in [1.165, 1.54) is 6.07 Å². The van der Waals surface area contributed by atoms with Crippen molar-refractivity contribution >= 4 is 16.9 Å². The molecule has 0 spiro atoms. The Bertz CT molecular complexity index is 539. The molecule has 1 aromatic carbocycles. The minimum atomic E-state index is -1.05. The summed E-state index contributed by atoms with van der Waals surface area (Å²) < 4.78 is 10.7. The Kier molecular flexibility index (Phi) is 3.15. The van der Waals surface area contributed by atoms with Gasteiger partial charge in [0.25, 0.3) is 0 Å². The van der Waals surface area contributed by atoms with Crippen molar-refractivity contribution in [2.75, 3.05) is 0 Å². The van der Waals surface area contributed by atoms with Gasteiger partial charge in [-0.05, 0) is 37.6 Å². The third-order valence-corrected chi connectivity index (χ3v) is 2.37. The van der Waals surface area contributed by atoms with E-state index in [1.54, 1.807) is 6.07 Å². The Hall–Kier alpha value is -1.81. The number of carboxylic acid groups (broad SMARTS) is 1. The van der Waals surface area contributed by atoms with Crippen molar-refractivity contribution < 1.29 is 19.1 Å². The Balaban J connectivity index is 2.27. The second-order valence-corrected chi connectivity index (χ2v) is 4.15. The highest BCUT2D eigenvalue weighted by molar-refractivity contribution is 5.91. The third-order valence-electron chi connectivity index (χ3n) is 2.37. The minimum Gasteiger partial charge on any atom is -0.475 e. The van der Waals surface area contributed by atoms with E-state index >= 15 is 0 Å². The van der Waals surface area contributed by atoms with Gasteiger partial charge in [-0.1, -0.05) is 6.07 Å². The second-order valence-electron chi connectivity index (χ2n) is 4.15. The third kappa shape index (κ3) is 2.65. The SMILES string of the molecule is CC(C)OCc1ccc2oc(C(=O)O)cc2c1. The molecule has 0 saturated carbocycles. The van der Waals surface area contributed by atoms with Gasteiger partial charge in [0, 0.05) is 5.39 Å². The molecule has 1 heterocycles. The van der Waals surface area contributed by atoms with Crippen LogP contribution in [0, 0.1) is 0 Å². The van der Waals surface area contributed by atoms with Crippen LogP contribution < -0.4 is 0 Å². The number of furan rings is 1. The molecule has 0 fully saturated rings. The number of hydrogen-bond acceptors (Lipinski definition) is 3. The molecule has 0 aliphatic carbocycles. The molecule has 2 aromatic rings. The maximum absolute atomic E-state index is 10.8. The molecule has 2 rings (SSSR count). The second kappa shape index (κ2) is 4.59. The number of hydrogen-bond donors (Lipinski definition) is 1. The fourth-order valence-electron chi connectivity index (χ4n) is 1.55. The van der Waals surface area contributed by atoms with E-state index in [0.717, 1.165) is 10.9 Å². The van der Waals surface area contributed by atoms with Crippen molar-refractivity contribution in [1.82, 2.24) is 0 Å². The normalized spacial score (nSPS) is 11.2. The number of ether oxygens (including phenoxy) is 1. The van der Waals surface area contributed by atoms with Crippen LogP contribution >= 0.6 is 0 Å². The first-order chi connectivity index (χ1) is 8.06. The van der Waals surface area contributed by atoms with E-state index < -0.39 is 5.97 Å². The van der Waals surface area contributed by atoms with Crippen molar-refractivity contribution in [3.63, 3.8) is 0 Å². The number of rotatable bonds is 4. The summed E-state index contributed by atoms with van der Waals surface area (Å²) >= 11 is 0. The molecular formula is C13H14O4. The molecule has 90 valence electrons. The van der Waals surface area contributed by atoms with Crippen LogP contribution in [0.2, 0.25) is 0 Å². The highest BCUT2D eigenvalue weighted by Crippen LogP contribution is 2.21. The van der Waals surface area contributed by atoms with Crippen LogP contribution in [0.25, 0.3) is 11.0 Å². The van der Waals surface area contributed by atoms with Crippen LogP contribution in [0.5, 0.6) is 0 Å². The maximum Gasteiger partial charge on any atom is 0.371 e. The first-order valence-electron chi connectivity index (χ1n) is 5.43. The highest BCUT2D eigenvalue weighted by Gasteiger charge is 2.10.